The van der Waals surface area contributed by atoms with Crippen molar-refractivity contribution >= 4 is 29.7 Å². The van der Waals surface area contributed by atoms with Gasteiger partial charge >= 0.3 is 0 Å². The highest BCUT2D eigenvalue weighted by molar-refractivity contribution is 7.15. The fourth-order valence-electron chi connectivity index (χ4n) is 3.04. The van der Waals surface area contributed by atoms with Gasteiger partial charge in [0.1, 0.15) is 17.2 Å². The number of amides is 1. The molecule has 0 spiro atoms. The Morgan fingerprint density at radius 2 is 1.81 bits per heavy atom. The topological polar surface area (TPSA) is 77.2 Å². The average molecular weight is 402 g/mol. The Labute approximate surface area is 168 Å². The molecular formula is C20H20ClN3O2S. The van der Waals surface area contributed by atoms with E-state index in [9.17, 15) is 4.79 Å². The number of halogens is 1. The Bertz CT molecular complexity index is 907. The predicted molar refractivity (Wildman–Crippen MR) is 110 cm³/mol. The quantitative estimate of drug-likeness (QED) is 0.671. The van der Waals surface area contributed by atoms with Crippen LogP contribution in [0.3, 0.4) is 0 Å². The van der Waals surface area contributed by atoms with Gasteiger partial charge < -0.3 is 15.8 Å². The molecule has 1 aliphatic rings. The molecule has 1 aromatic heterocycles. The van der Waals surface area contributed by atoms with Crippen LogP contribution in [-0.2, 0) is 0 Å². The highest BCUT2D eigenvalue weighted by Gasteiger charge is 2.24. The molecule has 1 unspecified atom stereocenters. The molecule has 3 N–H and O–H groups in total. The molecular weight excluding hydrogens is 382 g/mol. The van der Waals surface area contributed by atoms with Crippen molar-refractivity contribution in [1.29, 1.82) is 0 Å². The van der Waals surface area contributed by atoms with E-state index >= 15 is 0 Å². The number of aromatic nitrogens is 1. The zero-order valence-electron chi connectivity index (χ0n) is 14.6. The van der Waals surface area contributed by atoms with Crippen LogP contribution >= 0.6 is 23.7 Å². The number of nitrogens with zero attached hydrogens (tertiary/aromatic N) is 1. The maximum Gasteiger partial charge on any atom is 0.268 e. The number of primary amides is 1. The number of hydrogen-bond donors (Lipinski definition) is 2. The highest BCUT2D eigenvalue weighted by Crippen LogP contribution is 2.36. The van der Waals surface area contributed by atoms with Crippen LogP contribution < -0.4 is 15.8 Å². The molecule has 1 aliphatic heterocycles. The normalized spacial score (nSPS) is 15.9. The minimum absolute atomic E-state index is 0. The maximum absolute atomic E-state index is 11.9. The van der Waals surface area contributed by atoms with Crippen molar-refractivity contribution in [2.24, 2.45) is 5.73 Å². The maximum atomic E-state index is 11.9. The zero-order chi connectivity index (χ0) is 17.9. The van der Waals surface area contributed by atoms with Gasteiger partial charge in [-0.1, -0.05) is 18.2 Å². The van der Waals surface area contributed by atoms with E-state index in [1.165, 1.54) is 0 Å². The van der Waals surface area contributed by atoms with Gasteiger partial charge in [-0.05, 0) is 54.9 Å². The van der Waals surface area contributed by atoms with Crippen LogP contribution in [0.4, 0.5) is 0 Å². The molecule has 0 bridgehead atoms. The number of nitrogens with one attached hydrogen (secondary N) is 1. The molecule has 2 aromatic carbocycles. The zero-order valence-corrected chi connectivity index (χ0v) is 16.2. The van der Waals surface area contributed by atoms with Gasteiger partial charge in [-0.15, -0.1) is 23.7 Å². The van der Waals surface area contributed by atoms with E-state index in [1.54, 1.807) is 11.3 Å². The largest absolute Gasteiger partial charge is 0.457 e. The molecule has 0 saturated carbocycles. The third kappa shape index (κ3) is 4.30. The number of benzene rings is 2. The Morgan fingerprint density at radius 1 is 1.11 bits per heavy atom. The molecule has 0 radical (unpaired) electrons. The first kappa shape index (κ1) is 19.4. The van der Waals surface area contributed by atoms with Gasteiger partial charge in [0.2, 0.25) is 0 Å². The second-order valence-corrected chi connectivity index (χ2v) is 7.25. The third-order valence-electron chi connectivity index (χ3n) is 4.38. The molecule has 4 rings (SSSR count). The molecule has 1 saturated heterocycles. The lowest BCUT2D eigenvalue weighted by Crippen LogP contribution is -2.13. The molecule has 140 valence electrons. The lowest BCUT2D eigenvalue weighted by atomic mass is 10.1. The van der Waals surface area contributed by atoms with Crippen molar-refractivity contribution < 1.29 is 9.53 Å². The van der Waals surface area contributed by atoms with E-state index in [1.807, 2.05) is 54.6 Å². The van der Waals surface area contributed by atoms with E-state index in [0.717, 1.165) is 46.5 Å². The fraction of sp³-hybridized carbons (Fsp3) is 0.200. The smallest absolute Gasteiger partial charge is 0.268 e. The second-order valence-electron chi connectivity index (χ2n) is 6.22. The number of hydrogen-bond acceptors (Lipinski definition) is 5. The molecule has 1 fully saturated rings. The molecule has 3 aromatic rings. The lowest BCUT2D eigenvalue weighted by molar-refractivity contribution is 0.0996. The van der Waals surface area contributed by atoms with E-state index in [4.69, 9.17) is 10.5 Å². The van der Waals surface area contributed by atoms with E-state index in [0.29, 0.717) is 11.6 Å². The summed E-state index contributed by atoms with van der Waals surface area (Å²) in [4.78, 5) is 17.2. The fourth-order valence-corrected chi connectivity index (χ4v) is 4.25. The summed E-state index contributed by atoms with van der Waals surface area (Å²) in [6.07, 6.45) is 1.04. The number of thiazole rings is 1. The average Bonchev–Trinajstić information content (AvgIpc) is 3.33. The molecule has 2 heterocycles. The predicted octanol–water partition coefficient (Wildman–Crippen LogP) is 4.20. The SMILES string of the molecule is Cl.NC(=O)c1nc(C2CCNC2)sc1-c1ccc(Oc2ccccc2)cc1. The number of para-hydroxylation sites is 1. The first-order valence-corrected chi connectivity index (χ1v) is 9.37. The monoisotopic (exact) mass is 401 g/mol. The van der Waals surface area contributed by atoms with Crippen LogP contribution in [0.2, 0.25) is 0 Å². The molecule has 1 amide bonds. The first-order valence-electron chi connectivity index (χ1n) is 8.55. The summed E-state index contributed by atoms with van der Waals surface area (Å²) in [5.74, 6) is 1.39. The van der Waals surface area contributed by atoms with Crippen molar-refractivity contribution in [2.45, 2.75) is 12.3 Å². The number of rotatable bonds is 5. The van der Waals surface area contributed by atoms with E-state index in [-0.39, 0.29) is 12.4 Å². The number of carbonyl (C=O) groups excluding carboxylic acids is 1. The Hall–Kier alpha value is -2.41. The van der Waals surface area contributed by atoms with Gasteiger partial charge in [0.05, 0.1) is 9.88 Å². The van der Waals surface area contributed by atoms with Crippen LogP contribution in [0.15, 0.2) is 54.6 Å². The van der Waals surface area contributed by atoms with E-state index < -0.39 is 5.91 Å². The molecule has 1 atom stereocenters. The Kier molecular flexibility index (Phi) is 6.11. The van der Waals surface area contributed by atoms with Crippen LogP contribution in [0.1, 0.15) is 27.8 Å². The minimum Gasteiger partial charge on any atom is -0.457 e. The van der Waals surface area contributed by atoms with Crippen molar-refractivity contribution in [3.63, 3.8) is 0 Å². The summed E-state index contributed by atoms with van der Waals surface area (Å²) in [5.41, 5.74) is 6.84. The summed E-state index contributed by atoms with van der Waals surface area (Å²) in [6.45, 7) is 1.88. The number of nitrogens with two attached hydrogens (primary N) is 1. The minimum atomic E-state index is -0.488. The standard InChI is InChI=1S/C20H19N3O2S.ClH/c21-19(24)17-18(26-20(23-17)14-10-11-22-12-14)13-6-8-16(9-7-13)25-15-4-2-1-3-5-15;/h1-9,14,22H,10-12H2,(H2,21,24);1H. The van der Waals surface area contributed by atoms with Gasteiger partial charge in [-0.25, -0.2) is 4.98 Å². The lowest BCUT2D eigenvalue weighted by Gasteiger charge is -2.06. The third-order valence-corrected chi connectivity index (χ3v) is 5.65. The van der Waals surface area contributed by atoms with Crippen LogP contribution in [0, 0.1) is 0 Å². The number of ether oxygens (including phenoxy) is 1. The van der Waals surface area contributed by atoms with Gasteiger partial charge in [0.15, 0.2) is 0 Å². The molecule has 7 heteroatoms. The van der Waals surface area contributed by atoms with Gasteiger partial charge in [-0.3, -0.25) is 4.79 Å². The molecule has 0 aliphatic carbocycles. The van der Waals surface area contributed by atoms with E-state index in [2.05, 4.69) is 10.3 Å². The van der Waals surface area contributed by atoms with Crippen LogP contribution in [0.25, 0.3) is 10.4 Å². The second kappa shape index (κ2) is 8.52. The first-order chi connectivity index (χ1) is 12.7. The summed E-state index contributed by atoms with van der Waals surface area (Å²) >= 11 is 1.56. The Balaban J connectivity index is 0.00000210. The molecule has 5 nitrogen and oxygen atoms in total. The molecule has 27 heavy (non-hydrogen) atoms. The Morgan fingerprint density at radius 3 is 2.44 bits per heavy atom. The van der Waals surface area contributed by atoms with Gasteiger partial charge in [-0.2, -0.15) is 0 Å². The van der Waals surface area contributed by atoms with Gasteiger partial charge in [0, 0.05) is 12.5 Å². The van der Waals surface area contributed by atoms with Crippen molar-refractivity contribution in [2.75, 3.05) is 13.1 Å². The van der Waals surface area contributed by atoms with Crippen LogP contribution in [0.5, 0.6) is 11.5 Å². The number of carbonyl (C=O) groups is 1. The highest BCUT2D eigenvalue weighted by atomic mass is 35.5. The van der Waals surface area contributed by atoms with Crippen molar-refractivity contribution in [3.05, 3.63) is 65.3 Å². The summed E-state index contributed by atoms with van der Waals surface area (Å²) in [6, 6.07) is 17.3. The summed E-state index contributed by atoms with van der Waals surface area (Å²) in [5, 5.41) is 4.31. The van der Waals surface area contributed by atoms with Gasteiger partial charge in [0.25, 0.3) is 5.91 Å². The van der Waals surface area contributed by atoms with Crippen molar-refractivity contribution in [1.82, 2.24) is 10.3 Å². The summed E-state index contributed by atoms with van der Waals surface area (Å²) < 4.78 is 5.82. The van der Waals surface area contributed by atoms with Crippen LogP contribution in [-0.4, -0.2) is 24.0 Å². The summed E-state index contributed by atoms with van der Waals surface area (Å²) in [7, 11) is 0. The van der Waals surface area contributed by atoms with Crippen molar-refractivity contribution in [3.8, 4) is 21.9 Å².